The lowest BCUT2D eigenvalue weighted by atomic mass is 9.92. The van der Waals surface area contributed by atoms with Crippen LogP contribution in [0.15, 0.2) is 91.0 Å². The summed E-state index contributed by atoms with van der Waals surface area (Å²) in [5.41, 5.74) is 3.90. The third kappa shape index (κ3) is 3.20. The highest BCUT2D eigenvalue weighted by Crippen LogP contribution is 2.45. The Hall–Kier alpha value is -2.12. The minimum atomic E-state index is 0.330. The summed E-state index contributed by atoms with van der Waals surface area (Å²) in [6.07, 6.45) is 0. The first-order valence-electron chi connectivity index (χ1n) is 9.32. The molecular weight excluding hydrogens is 582 g/mol. The molecule has 0 radical (unpaired) electrons. The van der Waals surface area contributed by atoms with Crippen molar-refractivity contribution in [2.45, 2.75) is 0 Å². The summed E-state index contributed by atoms with van der Waals surface area (Å²) in [4.78, 5) is 0. The third-order valence-corrected chi connectivity index (χ3v) is 7.13. The predicted octanol–water partition coefficient (Wildman–Crippen LogP) is 8.24. The van der Waals surface area contributed by atoms with E-state index >= 15 is 0 Å². The first-order chi connectivity index (χ1) is 14.1. The second-order valence-corrected chi connectivity index (χ2v) is 9.31. The number of fused-ring (bicyclic) bond motifs is 2. The average molecular weight is 598 g/mol. The Kier molecular flexibility index (Phi) is 4.95. The first-order valence-corrected chi connectivity index (χ1v) is 11.5. The quantitative estimate of drug-likeness (QED) is 0.203. The van der Waals surface area contributed by atoms with E-state index in [9.17, 15) is 5.11 Å². The summed E-state index contributed by atoms with van der Waals surface area (Å²) in [6.45, 7) is 0. The van der Waals surface area contributed by atoms with Crippen LogP contribution in [-0.2, 0) is 0 Å². The number of rotatable bonds is 2. The summed E-state index contributed by atoms with van der Waals surface area (Å²) in [5.74, 6) is 0.330. The van der Waals surface area contributed by atoms with E-state index in [1.807, 2.05) is 30.3 Å². The molecule has 0 aliphatic heterocycles. The Morgan fingerprint density at radius 1 is 0.483 bits per heavy atom. The summed E-state index contributed by atoms with van der Waals surface area (Å²) < 4.78 is 2.25. The molecule has 1 N–H and O–H groups in total. The lowest BCUT2D eigenvalue weighted by Crippen LogP contribution is -1.91. The Morgan fingerprint density at radius 3 is 1.41 bits per heavy atom. The Bertz CT molecular complexity index is 1290. The number of phenolic OH excluding ortho intramolecular Hbond substituents is 1. The smallest absolute Gasteiger partial charge is 0.131 e. The fourth-order valence-electron chi connectivity index (χ4n) is 3.98. The van der Waals surface area contributed by atoms with Gasteiger partial charge in [-0.1, -0.05) is 78.9 Å². The van der Waals surface area contributed by atoms with Crippen molar-refractivity contribution in [1.29, 1.82) is 0 Å². The third-order valence-electron chi connectivity index (χ3n) is 5.33. The van der Waals surface area contributed by atoms with E-state index in [4.69, 9.17) is 0 Å². The minimum absolute atomic E-state index is 0.330. The van der Waals surface area contributed by atoms with Crippen LogP contribution in [0.25, 0.3) is 43.8 Å². The number of aromatic hydroxyl groups is 1. The zero-order valence-electron chi connectivity index (χ0n) is 15.4. The number of phenols is 1. The molecule has 0 aliphatic carbocycles. The standard InChI is InChI=1S/C26H16I2O/c27-22-14-12-16-6-1-3-8-18(16)24(22)20-10-5-11-21(26(20)29)25-19-9-4-2-7-17(19)13-15-23(25)28/h1-15,29H. The van der Waals surface area contributed by atoms with Crippen LogP contribution in [0.3, 0.4) is 0 Å². The molecule has 140 valence electrons. The van der Waals surface area contributed by atoms with Crippen molar-refractivity contribution in [2.75, 3.05) is 0 Å². The van der Waals surface area contributed by atoms with E-state index in [2.05, 4.69) is 106 Å². The van der Waals surface area contributed by atoms with E-state index < -0.39 is 0 Å². The SMILES string of the molecule is Oc1c(-c2c(I)ccc3ccccc23)cccc1-c1c(I)ccc2ccccc12. The maximum Gasteiger partial charge on any atom is 0.131 e. The van der Waals surface area contributed by atoms with E-state index in [0.717, 1.165) is 40.2 Å². The van der Waals surface area contributed by atoms with Crippen molar-refractivity contribution in [3.05, 3.63) is 98.1 Å². The zero-order valence-corrected chi connectivity index (χ0v) is 19.7. The van der Waals surface area contributed by atoms with Gasteiger partial charge < -0.3 is 5.11 Å². The van der Waals surface area contributed by atoms with Crippen LogP contribution >= 0.6 is 45.2 Å². The molecule has 0 atom stereocenters. The highest BCUT2D eigenvalue weighted by Gasteiger charge is 2.18. The van der Waals surface area contributed by atoms with Gasteiger partial charge in [-0.15, -0.1) is 0 Å². The fraction of sp³-hybridized carbons (Fsp3) is 0. The van der Waals surface area contributed by atoms with Gasteiger partial charge in [0.05, 0.1) is 0 Å². The Balaban J connectivity index is 1.84. The van der Waals surface area contributed by atoms with Crippen LogP contribution in [0.1, 0.15) is 0 Å². The van der Waals surface area contributed by atoms with Gasteiger partial charge in [-0.25, -0.2) is 0 Å². The number of hydrogen-bond donors (Lipinski definition) is 1. The second kappa shape index (κ2) is 7.61. The van der Waals surface area contributed by atoms with Gasteiger partial charge in [-0.2, -0.15) is 0 Å². The van der Waals surface area contributed by atoms with Crippen molar-refractivity contribution in [3.63, 3.8) is 0 Å². The lowest BCUT2D eigenvalue weighted by molar-refractivity contribution is 0.479. The minimum Gasteiger partial charge on any atom is -0.507 e. The predicted molar refractivity (Wildman–Crippen MR) is 139 cm³/mol. The van der Waals surface area contributed by atoms with Gasteiger partial charge in [0.1, 0.15) is 5.75 Å². The number of benzene rings is 5. The fourth-order valence-corrected chi connectivity index (χ4v) is 5.51. The summed E-state index contributed by atoms with van der Waals surface area (Å²) in [6, 6.07) is 31.3. The molecule has 0 bridgehead atoms. The van der Waals surface area contributed by atoms with Crippen molar-refractivity contribution in [3.8, 4) is 28.0 Å². The van der Waals surface area contributed by atoms with Gasteiger partial charge in [-0.05, 0) is 78.9 Å². The van der Waals surface area contributed by atoms with Crippen LogP contribution < -0.4 is 0 Å². The molecule has 0 saturated heterocycles. The van der Waals surface area contributed by atoms with Crippen LogP contribution in [0, 0.1) is 7.14 Å². The maximum absolute atomic E-state index is 11.5. The van der Waals surface area contributed by atoms with Crippen LogP contribution in [-0.4, -0.2) is 5.11 Å². The van der Waals surface area contributed by atoms with Crippen molar-refractivity contribution in [2.24, 2.45) is 0 Å². The summed E-state index contributed by atoms with van der Waals surface area (Å²) in [5, 5.41) is 16.1. The molecule has 0 spiro atoms. The molecule has 5 rings (SSSR count). The van der Waals surface area contributed by atoms with E-state index in [0.29, 0.717) is 5.75 Å². The summed E-state index contributed by atoms with van der Waals surface area (Å²) >= 11 is 4.73. The van der Waals surface area contributed by atoms with Gasteiger partial charge in [0.2, 0.25) is 0 Å². The van der Waals surface area contributed by atoms with Gasteiger partial charge in [0.15, 0.2) is 0 Å². The molecular formula is C26H16I2O. The molecule has 5 aromatic carbocycles. The second-order valence-electron chi connectivity index (χ2n) is 6.99. The molecule has 1 nitrogen and oxygen atoms in total. The number of hydrogen-bond acceptors (Lipinski definition) is 1. The first kappa shape index (κ1) is 18.9. The molecule has 0 heterocycles. The average Bonchev–Trinajstić information content (AvgIpc) is 2.75. The van der Waals surface area contributed by atoms with E-state index in [1.165, 1.54) is 10.8 Å². The van der Waals surface area contributed by atoms with Crippen molar-refractivity contribution >= 4 is 66.7 Å². The van der Waals surface area contributed by atoms with E-state index in [1.54, 1.807) is 0 Å². The Labute approximate surface area is 196 Å². The normalized spacial score (nSPS) is 11.2. The van der Waals surface area contributed by atoms with Crippen molar-refractivity contribution < 1.29 is 5.11 Å². The van der Waals surface area contributed by atoms with Crippen molar-refractivity contribution in [1.82, 2.24) is 0 Å². The van der Waals surface area contributed by atoms with Crippen LogP contribution in [0.2, 0.25) is 0 Å². The highest BCUT2D eigenvalue weighted by molar-refractivity contribution is 14.1. The topological polar surface area (TPSA) is 20.2 Å². The highest BCUT2D eigenvalue weighted by atomic mass is 127. The molecule has 29 heavy (non-hydrogen) atoms. The molecule has 0 amide bonds. The molecule has 5 aromatic rings. The van der Waals surface area contributed by atoms with Gasteiger partial charge >= 0.3 is 0 Å². The van der Waals surface area contributed by atoms with Crippen LogP contribution in [0.5, 0.6) is 5.75 Å². The lowest BCUT2D eigenvalue weighted by Gasteiger charge is -2.16. The zero-order chi connectivity index (χ0) is 20.0. The van der Waals surface area contributed by atoms with Gasteiger partial charge in [0, 0.05) is 29.4 Å². The maximum atomic E-state index is 11.5. The molecule has 0 unspecified atom stereocenters. The molecule has 0 fully saturated rings. The van der Waals surface area contributed by atoms with Gasteiger partial charge in [-0.3, -0.25) is 0 Å². The number of para-hydroxylation sites is 1. The summed E-state index contributed by atoms with van der Waals surface area (Å²) in [7, 11) is 0. The Morgan fingerprint density at radius 2 is 0.931 bits per heavy atom. The molecule has 0 aromatic heterocycles. The molecule has 0 aliphatic rings. The van der Waals surface area contributed by atoms with E-state index in [-0.39, 0.29) is 0 Å². The van der Waals surface area contributed by atoms with Gasteiger partial charge in [0.25, 0.3) is 0 Å². The monoisotopic (exact) mass is 598 g/mol. The molecule has 0 saturated carbocycles. The largest absolute Gasteiger partial charge is 0.507 e. The van der Waals surface area contributed by atoms with Crippen LogP contribution in [0.4, 0.5) is 0 Å². The molecule has 3 heteroatoms. The number of halogens is 2.